The number of nitrogens with one attached hydrogen (secondary N) is 1. The van der Waals surface area contributed by atoms with E-state index in [2.05, 4.69) is 16.3 Å². The second-order valence-corrected chi connectivity index (χ2v) is 7.32. The first-order valence-electron chi connectivity index (χ1n) is 8.57. The largest absolute Gasteiger partial charge is 0.444 e. The van der Waals surface area contributed by atoms with Gasteiger partial charge >= 0.3 is 6.09 Å². The fourth-order valence-electron chi connectivity index (χ4n) is 2.99. The highest BCUT2D eigenvalue weighted by atomic mass is 16.6. The van der Waals surface area contributed by atoms with Crippen molar-refractivity contribution in [2.24, 2.45) is 0 Å². The van der Waals surface area contributed by atoms with Crippen LogP contribution in [0.3, 0.4) is 0 Å². The number of ether oxygens (including phenoxy) is 1. The standard InChI is InChI=1S/C19H27N3O2/c1-19(2,3)24-18(23)21-13-17-9-4-5-10-22(17)14-16-8-6-7-15(11-16)12-20/h6-8,11,17H,4-5,9-10,13-14H2,1-3H3,(H,21,23). The second kappa shape index (κ2) is 8.16. The van der Waals surface area contributed by atoms with Gasteiger partial charge < -0.3 is 10.1 Å². The highest BCUT2D eigenvalue weighted by Crippen LogP contribution is 2.20. The summed E-state index contributed by atoms with van der Waals surface area (Å²) in [6, 6.07) is 10.2. The molecule has 1 N–H and O–H groups in total. The number of benzene rings is 1. The van der Waals surface area contributed by atoms with Crippen molar-refractivity contribution in [1.29, 1.82) is 5.26 Å². The number of likely N-dealkylation sites (tertiary alicyclic amines) is 1. The Labute approximate surface area is 144 Å². The van der Waals surface area contributed by atoms with Crippen LogP contribution in [0.15, 0.2) is 24.3 Å². The van der Waals surface area contributed by atoms with Gasteiger partial charge in [-0.1, -0.05) is 18.6 Å². The fraction of sp³-hybridized carbons (Fsp3) is 0.579. The van der Waals surface area contributed by atoms with Crippen LogP contribution in [0.1, 0.15) is 51.2 Å². The smallest absolute Gasteiger partial charge is 0.407 e. The number of nitrogens with zero attached hydrogens (tertiary/aromatic N) is 2. The number of hydrogen-bond acceptors (Lipinski definition) is 4. The molecule has 2 rings (SSSR count). The maximum absolute atomic E-state index is 11.9. The highest BCUT2D eigenvalue weighted by molar-refractivity contribution is 5.67. The van der Waals surface area contributed by atoms with E-state index in [1.165, 1.54) is 12.8 Å². The van der Waals surface area contributed by atoms with Gasteiger partial charge in [-0.2, -0.15) is 5.26 Å². The van der Waals surface area contributed by atoms with E-state index >= 15 is 0 Å². The van der Waals surface area contributed by atoms with Crippen LogP contribution in [0.5, 0.6) is 0 Å². The van der Waals surface area contributed by atoms with Crippen LogP contribution in [-0.4, -0.2) is 35.7 Å². The molecule has 1 aliphatic heterocycles. The maximum Gasteiger partial charge on any atom is 0.407 e. The maximum atomic E-state index is 11.9. The quantitative estimate of drug-likeness (QED) is 0.919. The Hall–Kier alpha value is -2.06. The number of carbonyl (C=O) groups is 1. The summed E-state index contributed by atoms with van der Waals surface area (Å²) in [5, 5.41) is 11.9. The van der Waals surface area contributed by atoms with Gasteiger partial charge in [-0.15, -0.1) is 0 Å². The van der Waals surface area contributed by atoms with E-state index in [1.54, 1.807) is 0 Å². The van der Waals surface area contributed by atoms with Crippen molar-refractivity contribution in [3.8, 4) is 6.07 Å². The minimum atomic E-state index is -0.478. The highest BCUT2D eigenvalue weighted by Gasteiger charge is 2.24. The predicted molar refractivity (Wildman–Crippen MR) is 93.4 cm³/mol. The van der Waals surface area contributed by atoms with Gasteiger partial charge in [-0.25, -0.2) is 4.79 Å². The number of alkyl carbamates (subject to hydrolysis) is 1. The van der Waals surface area contributed by atoms with Crippen molar-refractivity contribution in [2.45, 2.75) is 58.2 Å². The third-order valence-electron chi connectivity index (χ3n) is 4.07. The normalized spacial score (nSPS) is 18.7. The number of carbonyl (C=O) groups excluding carboxylic acids is 1. The lowest BCUT2D eigenvalue weighted by molar-refractivity contribution is 0.0492. The van der Waals surface area contributed by atoms with Gasteiger partial charge in [0.15, 0.2) is 0 Å². The Morgan fingerprint density at radius 1 is 1.42 bits per heavy atom. The van der Waals surface area contributed by atoms with Gasteiger partial charge in [-0.05, 0) is 57.9 Å². The number of hydrogen-bond donors (Lipinski definition) is 1. The molecule has 0 aromatic heterocycles. The molecule has 1 unspecified atom stereocenters. The summed E-state index contributed by atoms with van der Waals surface area (Å²) in [5.74, 6) is 0. The van der Waals surface area contributed by atoms with Crippen LogP contribution in [0.25, 0.3) is 0 Å². The number of piperidine rings is 1. The molecular formula is C19H27N3O2. The van der Waals surface area contributed by atoms with Crippen LogP contribution in [0, 0.1) is 11.3 Å². The summed E-state index contributed by atoms with van der Waals surface area (Å²) in [7, 11) is 0. The Bertz CT molecular complexity index is 601. The molecule has 5 heteroatoms. The summed E-state index contributed by atoms with van der Waals surface area (Å²) >= 11 is 0. The van der Waals surface area contributed by atoms with Crippen molar-refractivity contribution in [3.63, 3.8) is 0 Å². The van der Waals surface area contributed by atoms with Gasteiger partial charge in [0, 0.05) is 19.1 Å². The lowest BCUT2D eigenvalue weighted by atomic mass is 10.0. The summed E-state index contributed by atoms with van der Waals surface area (Å²) < 4.78 is 5.31. The van der Waals surface area contributed by atoms with Crippen molar-refractivity contribution in [3.05, 3.63) is 35.4 Å². The molecule has 0 radical (unpaired) electrons. The van der Waals surface area contributed by atoms with Crippen molar-refractivity contribution >= 4 is 6.09 Å². The van der Waals surface area contributed by atoms with E-state index in [-0.39, 0.29) is 6.09 Å². The molecule has 130 valence electrons. The molecule has 1 atom stereocenters. The average Bonchev–Trinajstić information content (AvgIpc) is 2.52. The Morgan fingerprint density at radius 3 is 2.92 bits per heavy atom. The van der Waals surface area contributed by atoms with Gasteiger partial charge in [0.1, 0.15) is 5.60 Å². The van der Waals surface area contributed by atoms with Gasteiger partial charge in [0.2, 0.25) is 0 Å². The molecule has 1 aromatic carbocycles. The van der Waals surface area contributed by atoms with Crippen LogP contribution < -0.4 is 5.32 Å². The molecule has 24 heavy (non-hydrogen) atoms. The zero-order valence-corrected chi connectivity index (χ0v) is 14.8. The molecular weight excluding hydrogens is 302 g/mol. The lowest BCUT2D eigenvalue weighted by Gasteiger charge is -2.36. The molecule has 1 fully saturated rings. The Kier molecular flexibility index (Phi) is 6.22. The first-order chi connectivity index (χ1) is 11.4. The molecule has 1 aliphatic rings. The van der Waals surface area contributed by atoms with Crippen LogP contribution in [0.4, 0.5) is 4.79 Å². The monoisotopic (exact) mass is 329 g/mol. The molecule has 0 bridgehead atoms. The Balaban J connectivity index is 1.92. The van der Waals surface area contributed by atoms with Gasteiger partial charge in [0.05, 0.1) is 11.6 Å². The molecule has 0 aliphatic carbocycles. The number of amides is 1. The third-order valence-corrected chi connectivity index (χ3v) is 4.07. The third kappa shape index (κ3) is 5.86. The zero-order chi connectivity index (χ0) is 17.6. The van der Waals surface area contributed by atoms with Crippen LogP contribution >= 0.6 is 0 Å². The van der Waals surface area contributed by atoms with E-state index in [9.17, 15) is 4.79 Å². The second-order valence-electron chi connectivity index (χ2n) is 7.32. The van der Waals surface area contributed by atoms with E-state index in [4.69, 9.17) is 10.00 Å². The predicted octanol–water partition coefficient (Wildman–Crippen LogP) is 3.44. The molecule has 1 heterocycles. The molecule has 1 saturated heterocycles. The molecule has 5 nitrogen and oxygen atoms in total. The first-order valence-corrected chi connectivity index (χ1v) is 8.57. The Morgan fingerprint density at radius 2 is 2.21 bits per heavy atom. The number of nitriles is 1. The van der Waals surface area contributed by atoms with E-state index in [0.717, 1.165) is 25.1 Å². The average molecular weight is 329 g/mol. The van der Waals surface area contributed by atoms with E-state index in [1.807, 2.05) is 45.0 Å². The van der Waals surface area contributed by atoms with Crippen molar-refractivity contribution in [2.75, 3.05) is 13.1 Å². The molecule has 0 saturated carbocycles. The molecule has 1 amide bonds. The lowest BCUT2D eigenvalue weighted by Crippen LogP contribution is -2.47. The van der Waals surface area contributed by atoms with Crippen LogP contribution in [0.2, 0.25) is 0 Å². The minimum absolute atomic E-state index is 0.303. The zero-order valence-electron chi connectivity index (χ0n) is 14.8. The van der Waals surface area contributed by atoms with Gasteiger partial charge in [0.25, 0.3) is 0 Å². The molecule has 0 spiro atoms. The minimum Gasteiger partial charge on any atom is -0.444 e. The topological polar surface area (TPSA) is 65.4 Å². The first kappa shape index (κ1) is 18.3. The van der Waals surface area contributed by atoms with E-state index in [0.29, 0.717) is 18.2 Å². The van der Waals surface area contributed by atoms with Crippen molar-refractivity contribution in [1.82, 2.24) is 10.2 Å². The van der Waals surface area contributed by atoms with Gasteiger partial charge in [-0.3, -0.25) is 4.90 Å². The van der Waals surface area contributed by atoms with Crippen molar-refractivity contribution < 1.29 is 9.53 Å². The summed E-state index contributed by atoms with van der Waals surface area (Å²) in [4.78, 5) is 14.2. The summed E-state index contributed by atoms with van der Waals surface area (Å²) in [5.41, 5.74) is 1.35. The summed E-state index contributed by atoms with van der Waals surface area (Å²) in [6.45, 7) is 7.99. The summed E-state index contributed by atoms with van der Waals surface area (Å²) in [6.07, 6.45) is 3.05. The molecule has 1 aromatic rings. The van der Waals surface area contributed by atoms with Crippen LogP contribution in [-0.2, 0) is 11.3 Å². The fourth-order valence-corrected chi connectivity index (χ4v) is 2.99. The number of rotatable bonds is 4. The SMILES string of the molecule is CC(C)(C)OC(=O)NCC1CCCCN1Cc1cccc(C#N)c1. The van der Waals surface area contributed by atoms with E-state index < -0.39 is 5.60 Å².